The van der Waals surface area contributed by atoms with E-state index in [9.17, 15) is 4.79 Å². The van der Waals surface area contributed by atoms with Crippen LogP contribution in [0.15, 0.2) is 127 Å². The summed E-state index contributed by atoms with van der Waals surface area (Å²) >= 11 is 0. The van der Waals surface area contributed by atoms with Crippen molar-refractivity contribution in [2.75, 3.05) is 13.7 Å². The minimum absolute atomic E-state index is 0.306. The van der Waals surface area contributed by atoms with E-state index in [1.54, 1.807) is 13.2 Å². The molecule has 0 aliphatic heterocycles. The maximum atomic E-state index is 12.1. The molecule has 196 valence electrons. The van der Waals surface area contributed by atoms with Crippen LogP contribution >= 0.6 is 7.26 Å². The fraction of sp³-hybridized carbons (Fsp3) is 0.0968. The quantitative estimate of drug-likeness (QED) is 0.163. The van der Waals surface area contributed by atoms with E-state index in [2.05, 4.69) is 62.8 Å². The minimum Gasteiger partial charge on any atom is -0.497 e. The van der Waals surface area contributed by atoms with E-state index < -0.39 is 7.26 Å². The first-order valence-electron chi connectivity index (χ1n) is 12.4. The van der Waals surface area contributed by atoms with Gasteiger partial charge < -0.3 is 14.6 Å². The molecule has 0 fully saturated rings. The SMILES string of the molecule is CCOC(=O)/C=C\[P+](c1ccccc1)(c1ccccc1)c1ccccc1.COc1ccc(-c2nnn[n-]2)cc1. The maximum Gasteiger partial charge on any atom is 0.334 e. The lowest BCUT2D eigenvalue weighted by atomic mass is 10.2. The highest BCUT2D eigenvalue weighted by molar-refractivity contribution is 7.98. The van der Waals surface area contributed by atoms with Crippen LogP contribution < -0.4 is 25.7 Å². The lowest BCUT2D eigenvalue weighted by molar-refractivity contribution is -0.137. The van der Waals surface area contributed by atoms with Gasteiger partial charge in [0.1, 0.15) is 28.9 Å². The number of methoxy groups -OCH3 is 1. The Morgan fingerprint density at radius 3 is 1.72 bits per heavy atom. The fourth-order valence-corrected chi connectivity index (χ4v) is 7.74. The third-order valence-corrected chi connectivity index (χ3v) is 9.81. The average Bonchev–Trinajstić information content (AvgIpc) is 3.55. The van der Waals surface area contributed by atoms with Crippen molar-refractivity contribution < 1.29 is 14.3 Å². The van der Waals surface area contributed by atoms with Gasteiger partial charge in [0.25, 0.3) is 0 Å². The molecule has 0 bridgehead atoms. The second-order valence-corrected chi connectivity index (χ2v) is 11.5. The van der Waals surface area contributed by atoms with Gasteiger partial charge in [-0.1, -0.05) is 66.7 Å². The Balaban J connectivity index is 0.000000226. The van der Waals surface area contributed by atoms with Gasteiger partial charge in [-0.3, -0.25) is 10.3 Å². The summed E-state index contributed by atoms with van der Waals surface area (Å²) < 4.78 is 10.2. The van der Waals surface area contributed by atoms with Crippen molar-refractivity contribution in [2.45, 2.75) is 6.92 Å². The molecule has 0 saturated heterocycles. The lowest BCUT2D eigenvalue weighted by Crippen LogP contribution is -2.29. The molecular formula is C31H29N4O3P. The van der Waals surface area contributed by atoms with Crippen molar-refractivity contribution in [1.82, 2.24) is 20.6 Å². The zero-order chi connectivity index (χ0) is 27.3. The van der Waals surface area contributed by atoms with Gasteiger partial charge in [0.15, 0.2) is 0 Å². The molecule has 0 unspecified atom stereocenters. The second kappa shape index (κ2) is 13.8. The van der Waals surface area contributed by atoms with E-state index in [0.717, 1.165) is 11.3 Å². The first-order chi connectivity index (χ1) is 19.2. The molecule has 0 aliphatic rings. The highest BCUT2D eigenvalue weighted by Crippen LogP contribution is 2.56. The summed E-state index contributed by atoms with van der Waals surface area (Å²) in [7, 11) is -0.490. The molecule has 0 radical (unpaired) electrons. The average molecular weight is 537 g/mol. The molecule has 0 aliphatic carbocycles. The van der Waals surface area contributed by atoms with Crippen LogP contribution in [0.5, 0.6) is 5.75 Å². The van der Waals surface area contributed by atoms with Crippen LogP contribution in [-0.4, -0.2) is 35.2 Å². The van der Waals surface area contributed by atoms with Crippen molar-refractivity contribution in [2.24, 2.45) is 0 Å². The molecule has 4 aromatic carbocycles. The monoisotopic (exact) mass is 536 g/mol. The van der Waals surface area contributed by atoms with Gasteiger partial charge in [-0.25, -0.2) is 4.79 Å². The van der Waals surface area contributed by atoms with Gasteiger partial charge in [0.05, 0.1) is 25.6 Å². The van der Waals surface area contributed by atoms with E-state index in [0.29, 0.717) is 12.4 Å². The fourth-order valence-electron chi connectivity index (χ4n) is 4.06. The van der Waals surface area contributed by atoms with E-state index in [1.165, 1.54) is 15.9 Å². The molecule has 0 atom stereocenters. The van der Waals surface area contributed by atoms with Gasteiger partial charge >= 0.3 is 5.97 Å². The summed E-state index contributed by atoms with van der Waals surface area (Å²) in [5.74, 6) is 3.09. The number of aromatic nitrogens is 4. The Kier molecular flexibility index (Phi) is 9.70. The predicted molar refractivity (Wildman–Crippen MR) is 156 cm³/mol. The summed E-state index contributed by atoms with van der Waals surface area (Å²) in [5, 5.41) is 17.9. The summed E-state index contributed by atoms with van der Waals surface area (Å²) in [6.07, 6.45) is 1.59. The van der Waals surface area contributed by atoms with Gasteiger partial charge in [-0.05, 0) is 61.0 Å². The third kappa shape index (κ3) is 6.83. The lowest BCUT2D eigenvalue weighted by Gasteiger charge is -2.23. The van der Waals surface area contributed by atoms with Crippen LogP contribution in [0.1, 0.15) is 6.92 Å². The molecule has 0 N–H and O–H groups in total. The van der Waals surface area contributed by atoms with Crippen molar-refractivity contribution in [3.63, 3.8) is 0 Å². The number of ether oxygens (including phenoxy) is 2. The minimum atomic E-state index is -2.11. The van der Waals surface area contributed by atoms with Gasteiger partial charge in [-0.15, -0.1) is 0 Å². The smallest absolute Gasteiger partial charge is 0.334 e. The number of esters is 1. The first-order valence-corrected chi connectivity index (χ1v) is 14.3. The van der Waals surface area contributed by atoms with Crippen LogP contribution in [0.4, 0.5) is 0 Å². The first kappa shape index (κ1) is 27.4. The van der Waals surface area contributed by atoms with E-state index in [-0.39, 0.29) is 5.97 Å². The molecule has 8 heteroatoms. The topological polar surface area (TPSA) is 88.3 Å². The number of benzene rings is 4. The number of nitrogens with zero attached hydrogens (tertiary/aromatic N) is 4. The molecule has 7 nitrogen and oxygen atoms in total. The zero-order valence-corrected chi connectivity index (χ0v) is 22.7. The number of carbonyl (C=O) groups is 1. The highest BCUT2D eigenvalue weighted by Gasteiger charge is 2.43. The summed E-state index contributed by atoms with van der Waals surface area (Å²) in [5.41, 5.74) is 0.880. The van der Waals surface area contributed by atoms with E-state index in [1.807, 2.05) is 85.8 Å². The maximum absolute atomic E-state index is 12.1. The third-order valence-electron chi connectivity index (χ3n) is 5.88. The van der Waals surface area contributed by atoms with Crippen molar-refractivity contribution in [3.8, 4) is 17.1 Å². The number of hydrogen-bond acceptors (Lipinski definition) is 6. The zero-order valence-electron chi connectivity index (χ0n) is 21.8. The summed E-state index contributed by atoms with van der Waals surface area (Å²) in [6.45, 7) is 2.19. The standard InChI is InChI=1S/C23H22O2P.C8H7N4O/c1-2-25-23(24)18-19-26(20-12-6-3-7-13-20,21-14-8-4-9-15-21)22-16-10-5-11-17-22;1-13-7-4-2-6(3-5-7)8-9-11-12-10-8/h3-19H,2H2,1H3;2-5H,1H3/q+1;-1/b19-18-;. The highest BCUT2D eigenvalue weighted by atomic mass is 31.2. The molecule has 1 heterocycles. The molecule has 39 heavy (non-hydrogen) atoms. The molecule has 0 amide bonds. The van der Waals surface area contributed by atoms with Crippen LogP contribution in [-0.2, 0) is 9.53 Å². The van der Waals surface area contributed by atoms with Gasteiger partial charge in [0.2, 0.25) is 0 Å². The van der Waals surface area contributed by atoms with Gasteiger partial charge in [0, 0.05) is 5.82 Å². The second-order valence-electron chi connectivity index (χ2n) is 8.23. The van der Waals surface area contributed by atoms with Crippen LogP contribution in [0.2, 0.25) is 0 Å². The number of rotatable bonds is 8. The van der Waals surface area contributed by atoms with Crippen molar-refractivity contribution in [3.05, 3.63) is 127 Å². The Morgan fingerprint density at radius 2 is 1.31 bits per heavy atom. The molecule has 0 saturated carbocycles. The number of hydrogen-bond donors (Lipinski definition) is 0. The Labute approximate surface area is 228 Å². The summed E-state index contributed by atoms with van der Waals surface area (Å²) in [4.78, 5) is 12.1. The molecule has 1 aromatic heterocycles. The Morgan fingerprint density at radius 1 is 0.795 bits per heavy atom. The Bertz CT molecular complexity index is 1350. The van der Waals surface area contributed by atoms with E-state index in [4.69, 9.17) is 9.47 Å². The largest absolute Gasteiger partial charge is 0.497 e. The van der Waals surface area contributed by atoms with Crippen LogP contribution in [0.3, 0.4) is 0 Å². The van der Waals surface area contributed by atoms with E-state index >= 15 is 0 Å². The van der Waals surface area contributed by atoms with Crippen molar-refractivity contribution >= 4 is 29.1 Å². The normalized spacial score (nSPS) is 10.9. The molecule has 5 aromatic rings. The van der Waals surface area contributed by atoms with Crippen LogP contribution in [0.25, 0.3) is 11.4 Å². The van der Waals surface area contributed by atoms with Gasteiger partial charge in [-0.2, -0.15) is 5.21 Å². The van der Waals surface area contributed by atoms with Crippen molar-refractivity contribution in [1.29, 1.82) is 0 Å². The molecule has 0 spiro atoms. The Hall–Kier alpha value is -4.61. The predicted octanol–water partition coefficient (Wildman–Crippen LogP) is 4.56. The number of carbonyl (C=O) groups excluding carboxylic acids is 1. The molecular weight excluding hydrogens is 507 g/mol. The summed E-state index contributed by atoms with van der Waals surface area (Å²) in [6, 6.07) is 38.6. The number of tetrazole rings is 1. The molecule has 5 rings (SSSR count). The van der Waals surface area contributed by atoms with Crippen LogP contribution in [0, 0.1) is 0 Å².